The van der Waals surface area contributed by atoms with Gasteiger partial charge in [-0.05, 0) is 94.1 Å². The summed E-state index contributed by atoms with van der Waals surface area (Å²) in [5.74, 6) is -2.09. The maximum atomic E-state index is 14.1. The third-order valence-electron chi connectivity index (χ3n) is 9.10. The maximum absolute atomic E-state index is 14.1. The zero-order valence-corrected chi connectivity index (χ0v) is 31.7. The van der Waals surface area contributed by atoms with Crippen molar-refractivity contribution in [2.75, 3.05) is 17.6 Å². The number of aryl methyl sites for hydroxylation is 1. The fraction of sp³-hybridized carbons (Fsp3) is 0.238. The molecule has 54 heavy (non-hydrogen) atoms. The number of amides is 2. The molecule has 5 aromatic rings. The van der Waals surface area contributed by atoms with Gasteiger partial charge in [-0.1, -0.05) is 105 Å². The Bertz CT molecular complexity index is 2250. The minimum absolute atomic E-state index is 0.0161. The van der Waals surface area contributed by atoms with E-state index in [4.69, 9.17) is 16.2 Å². The first kappa shape index (κ1) is 40.2. The van der Waals surface area contributed by atoms with Gasteiger partial charge in [0.05, 0.1) is 17.2 Å². The number of carbonyl (C=O) groups is 2. The molecular weight excluding hydrogens is 737 g/mol. The van der Waals surface area contributed by atoms with E-state index in [0.717, 1.165) is 34.4 Å². The van der Waals surface area contributed by atoms with Gasteiger partial charge in [0, 0.05) is 28.4 Å². The zero-order valence-electron chi connectivity index (χ0n) is 30.1. The largest absolute Gasteiger partial charge is 0.416 e. The van der Waals surface area contributed by atoms with Crippen LogP contribution in [0.5, 0.6) is 0 Å². The van der Waals surface area contributed by atoms with E-state index in [1.807, 2.05) is 24.3 Å². The second-order valence-electron chi connectivity index (χ2n) is 14.2. The molecule has 0 aromatic heterocycles. The van der Waals surface area contributed by atoms with Crippen LogP contribution in [0.3, 0.4) is 0 Å². The fourth-order valence-electron chi connectivity index (χ4n) is 6.04. The summed E-state index contributed by atoms with van der Waals surface area (Å²) in [6.07, 6.45) is -4.25. The second-order valence-corrected chi connectivity index (χ2v) is 16.1. The first-order chi connectivity index (χ1) is 25.3. The summed E-state index contributed by atoms with van der Waals surface area (Å²) >= 11 is 6.27. The molecule has 0 bridgehead atoms. The molecule has 282 valence electrons. The Morgan fingerprint density at radius 3 is 1.89 bits per heavy atom. The van der Waals surface area contributed by atoms with E-state index in [1.54, 1.807) is 49.4 Å². The van der Waals surface area contributed by atoms with Crippen LogP contribution in [0.1, 0.15) is 64.9 Å². The molecular formula is C42H40ClF3N2O5S. The molecule has 0 spiro atoms. The van der Waals surface area contributed by atoms with Crippen molar-refractivity contribution < 1.29 is 35.7 Å². The van der Waals surface area contributed by atoms with Crippen molar-refractivity contribution in [3.8, 4) is 22.3 Å². The predicted octanol–water partition coefficient (Wildman–Crippen LogP) is 9.88. The molecule has 5 aromatic carbocycles. The Kier molecular flexibility index (Phi) is 12.1. The number of anilines is 1. The highest BCUT2D eigenvalue weighted by atomic mass is 35.5. The molecule has 3 N–H and O–H groups in total. The molecule has 0 fully saturated rings. The zero-order chi connectivity index (χ0) is 39.4. The lowest BCUT2D eigenvalue weighted by atomic mass is 9.86. The van der Waals surface area contributed by atoms with Crippen LogP contribution < -0.4 is 10.6 Å². The number of rotatable bonds is 11. The van der Waals surface area contributed by atoms with Crippen LogP contribution in [0, 0.1) is 6.92 Å². The van der Waals surface area contributed by atoms with Gasteiger partial charge in [-0.25, -0.2) is 0 Å². The Hall–Kier alpha value is -4.97. The van der Waals surface area contributed by atoms with Crippen molar-refractivity contribution >= 4 is 39.2 Å². The van der Waals surface area contributed by atoms with Gasteiger partial charge in [0.25, 0.3) is 16.0 Å². The Morgan fingerprint density at radius 1 is 0.778 bits per heavy atom. The molecule has 0 saturated carbocycles. The van der Waals surface area contributed by atoms with E-state index in [9.17, 15) is 31.2 Å². The average Bonchev–Trinajstić information content (AvgIpc) is 3.10. The minimum Gasteiger partial charge on any atom is -0.351 e. The standard InChI is InChI=1S/C42H40ClF3N2O5S/c1-26-23-34(18-20-35(26)36-19-17-33(25-38(36)43)42(44,45)46)48-40(50)37(24-27-5-7-31(8-6-27)39(49)47-21-22-54(51,52)53)30-11-9-28(10-12-30)29-13-15-32(16-14-29)41(2,3)4/h5-20,23,25,37H,21-22,24H2,1-4H3,(H,47,49)(H,48,50)(H,51,52,53). The molecule has 0 aliphatic heterocycles. The molecule has 7 nitrogen and oxygen atoms in total. The second kappa shape index (κ2) is 16.2. The van der Waals surface area contributed by atoms with Crippen LogP contribution in [-0.4, -0.2) is 37.1 Å². The molecule has 0 heterocycles. The van der Waals surface area contributed by atoms with Crippen LogP contribution in [0.4, 0.5) is 18.9 Å². The number of benzene rings is 5. The van der Waals surface area contributed by atoms with Crippen molar-refractivity contribution in [3.63, 3.8) is 0 Å². The summed E-state index contributed by atoms with van der Waals surface area (Å²) < 4.78 is 70.6. The molecule has 0 aliphatic carbocycles. The highest BCUT2D eigenvalue weighted by Crippen LogP contribution is 2.37. The van der Waals surface area contributed by atoms with Crippen LogP contribution in [0.2, 0.25) is 5.02 Å². The minimum atomic E-state index is -4.52. The van der Waals surface area contributed by atoms with Gasteiger partial charge in [-0.15, -0.1) is 0 Å². The van der Waals surface area contributed by atoms with E-state index in [-0.39, 0.29) is 34.9 Å². The van der Waals surface area contributed by atoms with Crippen molar-refractivity contribution in [2.24, 2.45) is 0 Å². The highest BCUT2D eigenvalue weighted by molar-refractivity contribution is 7.85. The van der Waals surface area contributed by atoms with E-state index >= 15 is 0 Å². The van der Waals surface area contributed by atoms with Crippen molar-refractivity contribution in [3.05, 3.63) is 148 Å². The van der Waals surface area contributed by atoms with Crippen LogP contribution >= 0.6 is 11.6 Å². The number of nitrogens with one attached hydrogen (secondary N) is 2. The quantitative estimate of drug-likeness (QED) is 0.116. The van der Waals surface area contributed by atoms with Crippen LogP contribution in [-0.2, 0) is 32.9 Å². The fourth-order valence-corrected chi connectivity index (χ4v) is 6.68. The van der Waals surface area contributed by atoms with Gasteiger partial charge < -0.3 is 10.6 Å². The number of carbonyl (C=O) groups excluding carboxylic acids is 2. The smallest absolute Gasteiger partial charge is 0.351 e. The predicted molar refractivity (Wildman–Crippen MR) is 207 cm³/mol. The van der Waals surface area contributed by atoms with Gasteiger partial charge in [0.2, 0.25) is 5.91 Å². The van der Waals surface area contributed by atoms with Gasteiger partial charge in [-0.2, -0.15) is 21.6 Å². The van der Waals surface area contributed by atoms with Gasteiger partial charge in [0.15, 0.2) is 0 Å². The Labute approximate surface area is 318 Å². The van der Waals surface area contributed by atoms with Gasteiger partial charge >= 0.3 is 6.18 Å². The monoisotopic (exact) mass is 776 g/mol. The van der Waals surface area contributed by atoms with Crippen LogP contribution in [0.15, 0.2) is 109 Å². The van der Waals surface area contributed by atoms with Crippen LogP contribution in [0.25, 0.3) is 22.3 Å². The first-order valence-electron chi connectivity index (χ1n) is 17.1. The number of hydrogen-bond donors (Lipinski definition) is 3. The van der Waals surface area contributed by atoms with E-state index in [2.05, 4.69) is 55.7 Å². The number of halogens is 4. The van der Waals surface area contributed by atoms with Crippen molar-refractivity contribution in [2.45, 2.75) is 51.6 Å². The maximum Gasteiger partial charge on any atom is 0.416 e. The molecule has 12 heteroatoms. The van der Waals surface area contributed by atoms with Crippen molar-refractivity contribution in [1.29, 1.82) is 0 Å². The van der Waals surface area contributed by atoms with Gasteiger partial charge in [0.1, 0.15) is 0 Å². The SMILES string of the molecule is Cc1cc(NC(=O)C(Cc2ccc(C(=O)NCCS(=O)(=O)O)cc2)c2ccc(-c3ccc(C(C)(C)C)cc3)cc2)ccc1-c1ccc(C(F)(F)F)cc1Cl. The van der Waals surface area contributed by atoms with Gasteiger partial charge in [-0.3, -0.25) is 14.1 Å². The number of alkyl halides is 3. The third kappa shape index (κ3) is 10.4. The first-order valence-corrected chi connectivity index (χ1v) is 19.1. The molecule has 0 saturated heterocycles. The topological polar surface area (TPSA) is 113 Å². The molecule has 2 amide bonds. The molecule has 1 atom stereocenters. The van der Waals surface area contributed by atoms with Crippen molar-refractivity contribution in [1.82, 2.24) is 5.32 Å². The lowest BCUT2D eigenvalue weighted by Crippen LogP contribution is -2.28. The summed E-state index contributed by atoms with van der Waals surface area (Å²) in [4.78, 5) is 26.6. The normalized spacial score (nSPS) is 12.6. The summed E-state index contributed by atoms with van der Waals surface area (Å²) in [5, 5.41) is 5.41. The number of hydrogen-bond acceptors (Lipinski definition) is 4. The Morgan fingerprint density at radius 2 is 1.35 bits per heavy atom. The summed E-state index contributed by atoms with van der Waals surface area (Å²) in [7, 11) is -4.22. The summed E-state index contributed by atoms with van der Waals surface area (Å²) in [6, 6.07) is 31.0. The lowest BCUT2D eigenvalue weighted by Gasteiger charge is -2.20. The summed E-state index contributed by atoms with van der Waals surface area (Å²) in [6.45, 7) is 7.99. The van der Waals surface area contributed by atoms with E-state index < -0.39 is 39.4 Å². The third-order valence-corrected chi connectivity index (χ3v) is 10.1. The molecule has 1 unspecified atom stereocenters. The lowest BCUT2D eigenvalue weighted by molar-refractivity contribution is -0.137. The van der Waals surface area contributed by atoms with E-state index in [0.29, 0.717) is 22.4 Å². The average molecular weight is 777 g/mol. The summed E-state index contributed by atoms with van der Waals surface area (Å²) in [5.41, 5.74) is 6.42. The Balaban J connectivity index is 1.39. The molecule has 0 radical (unpaired) electrons. The molecule has 5 rings (SSSR count). The highest BCUT2D eigenvalue weighted by Gasteiger charge is 2.31. The molecule has 0 aliphatic rings. The van der Waals surface area contributed by atoms with E-state index in [1.165, 1.54) is 11.6 Å².